The zero-order chi connectivity index (χ0) is 21.8. The van der Waals surface area contributed by atoms with E-state index < -0.39 is 0 Å². The molecular weight excluding hydrogens is 376 g/mol. The van der Waals surface area contributed by atoms with E-state index in [9.17, 15) is 0 Å². The molecule has 0 radical (unpaired) electrons. The van der Waals surface area contributed by atoms with Crippen molar-refractivity contribution >= 4 is 27.4 Å². The number of para-hydroxylation sites is 2. The number of benzene rings is 2. The maximum absolute atomic E-state index is 6.59. The van der Waals surface area contributed by atoms with Gasteiger partial charge in [0, 0.05) is 33.0 Å². The van der Waals surface area contributed by atoms with E-state index in [0.717, 1.165) is 11.3 Å². The Bertz CT molecular complexity index is 1440. The molecule has 2 nitrogen and oxygen atoms in total. The van der Waals surface area contributed by atoms with Crippen LogP contribution >= 0.6 is 0 Å². The van der Waals surface area contributed by atoms with Gasteiger partial charge in [-0.05, 0) is 55.7 Å². The van der Waals surface area contributed by atoms with Gasteiger partial charge in [-0.15, -0.1) is 0 Å². The molecule has 3 aromatic rings. The standard InChI is InChI=1S/C29H26N2/c1-19(2)11-6-5-7-16-26(30)29(4)17-20(3)27-24(18-29)23-14-10-13-22-21-12-8-9-15-25(21)31(27)28(22)23/h5,7-10,12-18,27H,1,30H2,2-4H3/b7-5-,26-16-. The topological polar surface area (TPSA) is 30.9 Å². The lowest BCUT2D eigenvalue weighted by Gasteiger charge is -2.33. The fourth-order valence-electron chi connectivity index (χ4n) is 5.07. The number of hydrogen-bond donors (Lipinski definition) is 1. The molecule has 2 aromatic carbocycles. The van der Waals surface area contributed by atoms with Crippen LogP contribution < -0.4 is 5.73 Å². The van der Waals surface area contributed by atoms with Crippen molar-refractivity contribution in [2.45, 2.75) is 26.8 Å². The molecule has 5 rings (SSSR count). The Morgan fingerprint density at radius 3 is 2.71 bits per heavy atom. The van der Waals surface area contributed by atoms with Crippen LogP contribution in [0.4, 0.5) is 0 Å². The first-order valence-corrected chi connectivity index (χ1v) is 10.6. The molecule has 31 heavy (non-hydrogen) atoms. The second-order valence-electron chi connectivity index (χ2n) is 8.79. The Morgan fingerprint density at radius 2 is 1.90 bits per heavy atom. The lowest BCUT2D eigenvalue weighted by atomic mass is 9.75. The number of hydrogen-bond acceptors (Lipinski definition) is 1. The minimum atomic E-state index is -0.343. The van der Waals surface area contributed by atoms with E-state index in [1.54, 1.807) is 0 Å². The average Bonchev–Trinajstić information content (AvgIpc) is 3.25. The van der Waals surface area contributed by atoms with Gasteiger partial charge in [0.1, 0.15) is 0 Å². The highest BCUT2D eigenvalue weighted by Crippen LogP contribution is 2.53. The molecule has 1 aliphatic carbocycles. The molecular formula is C29H26N2. The van der Waals surface area contributed by atoms with Crippen molar-refractivity contribution in [1.29, 1.82) is 0 Å². The molecule has 1 aromatic heterocycles. The van der Waals surface area contributed by atoms with E-state index in [0.29, 0.717) is 0 Å². The molecule has 2 heteroatoms. The minimum Gasteiger partial charge on any atom is -0.401 e. The highest BCUT2D eigenvalue weighted by Gasteiger charge is 2.38. The number of nitrogens with zero attached hydrogens (tertiary/aromatic N) is 1. The highest BCUT2D eigenvalue weighted by atomic mass is 15.0. The van der Waals surface area contributed by atoms with Crippen LogP contribution in [0.15, 0.2) is 96.3 Å². The molecule has 0 saturated carbocycles. The average molecular weight is 403 g/mol. The second kappa shape index (κ2) is 6.93. The Hall–Kier alpha value is -3.70. The minimum absolute atomic E-state index is 0.220. The van der Waals surface area contributed by atoms with Crippen molar-refractivity contribution in [3.05, 3.63) is 102 Å². The third kappa shape index (κ3) is 2.89. The zero-order valence-electron chi connectivity index (χ0n) is 18.2. The summed E-state index contributed by atoms with van der Waals surface area (Å²) in [7, 11) is 0. The molecule has 1 aliphatic heterocycles. The Labute approximate surface area is 183 Å². The van der Waals surface area contributed by atoms with Crippen LogP contribution in [0.3, 0.4) is 0 Å². The fourth-order valence-corrected chi connectivity index (χ4v) is 5.07. The lowest BCUT2D eigenvalue weighted by Crippen LogP contribution is -2.25. The van der Waals surface area contributed by atoms with E-state index in [-0.39, 0.29) is 11.5 Å². The Balaban J connectivity index is 1.64. The number of rotatable bonds is 2. The van der Waals surface area contributed by atoms with Gasteiger partial charge in [-0.3, -0.25) is 0 Å². The number of aromatic nitrogens is 1. The van der Waals surface area contributed by atoms with Crippen LogP contribution in [-0.4, -0.2) is 4.57 Å². The molecule has 2 atom stereocenters. The fraction of sp³-hybridized carbons (Fsp3) is 0.172. The third-order valence-electron chi connectivity index (χ3n) is 6.37. The summed E-state index contributed by atoms with van der Waals surface area (Å²) in [5, 5.41) is 2.64. The van der Waals surface area contributed by atoms with E-state index in [4.69, 9.17) is 5.73 Å². The van der Waals surface area contributed by atoms with Gasteiger partial charge in [-0.2, -0.15) is 0 Å². The maximum Gasteiger partial charge on any atom is 0.0807 e. The van der Waals surface area contributed by atoms with Crippen LogP contribution in [0.1, 0.15) is 32.4 Å². The molecule has 0 spiro atoms. The smallest absolute Gasteiger partial charge is 0.0807 e. The SMILES string of the molecule is C=C(C)C#C/C=C\C=C(/N)C1(C)C=C(C)C2C(=C1)c1cccc3c4ccccc4n2c13. The molecule has 2 aliphatic rings. The lowest BCUT2D eigenvalue weighted by molar-refractivity contribution is 0.611. The normalized spacial score (nSPS) is 22.3. The summed E-state index contributed by atoms with van der Waals surface area (Å²) >= 11 is 0. The molecule has 2 N–H and O–H groups in total. The van der Waals surface area contributed by atoms with Gasteiger partial charge in [0.2, 0.25) is 0 Å². The van der Waals surface area contributed by atoms with E-state index in [1.807, 2.05) is 25.2 Å². The number of nitrogens with two attached hydrogens (primary N) is 1. The zero-order valence-corrected chi connectivity index (χ0v) is 18.2. The third-order valence-corrected chi connectivity index (χ3v) is 6.37. The molecule has 0 amide bonds. The van der Waals surface area contributed by atoms with Gasteiger partial charge in [0.15, 0.2) is 0 Å². The first-order valence-electron chi connectivity index (χ1n) is 10.6. The van der Waals surface area contributed by atoms with Crippen molar-refractivity contribution < 1.29 is 0 Å². The van der Waals surface area contributed by atoms with Crippen molar-refractivity contribution in [2.75, 3.05) is 0 Å². The summed E-state index contributed by atoms with van der Waals surface area (Å²) < 4.78 is 2.50. The summed E-state index contributed by atoms with van der Waals surface area (Å²) in [6.45, 7) is 10.1. The summed E-state index contributed by atoms with van der Waals surface area (Å²) in [6, 6.07) is 15.6. The van der Waals surface area contributed by atoms with Crippen molar-refractivity contribution in [1.82, 2.24) is 4.57 Å². The van der Waals surface area contributed by atoms with Crippen LogP contribution in [-0.2, 0) is 0 Å². The van der Waals surface area contributed by atoms with E-state index in [1.165, 1.54) is 38.5 Å². The summed E-state index contributed by atoms with van der Waals surface area (Å²) in [4.78, 5) is 0. The van der Waals surface area contributed by atoms with Crippen LogP contribution in [0.25, 0.3) is 27.4 Å². The first-order chi connectivity index (χ1) is 14.9. The molecule has 2 unspecified atom stereocenters. The van der Waals surface area contributed by atoms with Gasteiger partial charge in [0.05, 0.1) is 11.6 Å². The predicted octanol–water partition coefficient (Wildman–Crippen LogP) is 6.68. The largest absolute Gasteiger partial charge is 0.401 e. The quantitative estimate of drug-likeness (QED) is 0.289. The number of allylic oxidation sites excluding steroid dienone is 7. The summed E-state index contributed by atoms with van der Waals surface area (Å²) in [6.07, 6.45) is 10.3. The second-order valence-corrected chi connectivity index (χ2v) is 8.79. The predicted molar refractivity (Wildman–Crippen MR) is 132 cm³/mol. The van der Waals surface area contributed by atoms with Gasteiger partial charge in [-0.25, -0.2) is 0 Å². The van der Waals surface area contributed by atoms with E-state index in [2.05, 4.69) is 91.5 Å². The molecule has 152 valence electrons. The molecule has 0 saturated heterocycles. The van der Waals surface area contributed by atoms with Crippen LogP contribution in [0, 0.1) is 17.3 Å². The molecule has 0 bridgehead atoms. The monoisotopic (exact) mass is 402 g/mol. The Morgan fingerprint density at radius 1 is 1.13 bits per heavy atom. The van der Waals surface area contributed by atoms with Crippen LogP contribution in [0.2, 0.25) is 0 Å². The Kier molecular flexibility index (Phi) is 4.31. The van der Waals surface area contributed by atoms with Crippen molar-refractivity contribution in [3.8, 4) is 11.8 Å². The summed E-state index contributed by atoms with van der Waals surface area (Å²) in [5.74, 6) is 5.93. The first kappa shape index (κ1) is 19.3. The number of fused-ring (bicyclic) bond motifs is 6. The summed E-state index contributed by atoms with van der Waals surface area (Å²) in [5.41, 5.74) is 14.5. The van der Waals surface area contributed by atoms with E-state index >= 15 is 0 Å². The molecule has 2 heterocycles. The van der Waals surface area contributed by atoms with Crippen molar-refractivity contribution in [2.24, 2.45) is 11.1 Å². The van der Waals surface area contributed by atoms with Crippen molar-refractivity contribution in [3.63, 3.8) is 0 Å². The molecule has 0 fully saturated rings. The van der Waals surface area contributed by atoms with Gasteiger partial charge >= 0.3 is 0 Å². The van der Waals surface area contributed by atoms with Gasteiger partial charge in [-0.1, -0.05) is 73.0 Å². The highest BCUT2D eigenvalue weighted by molar-refractivity contribution is 6.14. The van der Waals surface area contributed by atoms with Crippen LogP contribution in [0.5, 0.6) is 0 Å². The maximum atomic E-state index is 6.59. The van der Waals surface area contributed by atoms with Gasteiger partial charge < -0.3 is 10.3 Å². The van der Waals surface area contributed by atoms with Gasteiger partial charge in [0.25, 0.3) is 0 Å².